The minimum Gasteiger partial charge on any atom is -0.325 e. The second-order valence-corrected chi connectivity index (χ2v) is 8.77. The van der Waals surface area contributed by atoms with Gasteiger partial charge in [-0.2, -0.15) is 0 Å². The SMILES string of the molecule is CCc1ccc(-c2nc(S[C@H](C)C(=O)Nc3c(C)cccc3C(C)C)n[nH]2)cc1. The number of rotatable bonds is 7. The topological polar surface area (TPSA) is 70.7 Å². The molecule has 1 aromatic heterocycles. The number of aromatic amines is 1. The van der Waals surface area contributed by atoms with Crippen molar-refractivity contribution in [1.29, 1.82) is 0 Å². The van der Waals surface area contributed by atoms with Gasteiger partial charge in [0.05, 0.1) is 5.25 Å². The van der Waals surface area contributed by atoms with Gasteiger partial charge < -0.3 is 5.32 Å². The zero-order valence-electron chi connectivity index (χ0n) is 17.6. The Morgan fingerprint density at radius 2 is 1.86 bits per heavy atom. The van der Waals surface area contributed by atoms with E-state index in [1.807, 2.05) is 38.1 Å². The Hall–Kier alpha value is -2.60. The van der Waals surface area contributed by atoms with Crippen LogP contribution in [0.25, 0.3) is 11.4 Å². The number of nitrogens with one attached hydrogen (secondary N) is 2. The molecule has 1 heterocycles. The van der Waals surface area contributed by atoms with Crippen molar-refractivity contribution in [3.8, 4) is 11.4 Å². The molecule has 1 amide bonds. The predicted molar refractivity (Wildman–Crippen MR) is 120 cm³/mol. The van der Waals surface area contributed by atoms with Gasteiger partial charge in [0.2, 0.25) is 11.1 Å². The summed E-state index contributed by atoms with van der Waals surface area (Å²) in [4.78, 5) is 17.3. The molecular weight excluding hydrogens is 380 g/mol. The molecule has 0 bridgehead atoms. The van der Waals surface area contributed by atoms with Crippen molar-refractivity contribution in [3.63, 3.8) is 0 Å². The number of amides is 1. The van der Waals surface area contributed by atoms with Gasteiger partial charge in [-0.3, -0.25) is 9.89 Å². The van der Waals surface area contributed by atoms with Gasteiger partial charge in [-0.1, -0.05) is 75.0 Å². The molecule has 0 aliphatic heterocycles. The van der Waals surface area contributed by atoms with Crippen molar-refractivity contribution in [2.24, 2.45) is 0 Å². The highest BCUT2D eigenvalue weighted by molar-refractivity contribution is 8.00. The maximum Gasteiger partial charge on any atom is 0.237 e. The fourth-order valence-corrected chi connectivity index (χ4v) is 3.83. The van der Waals surface area contributed by atoms with Crippen LogP contribution in [0.3, 0.4) is 0 Å². The zero-order chi connectivity index (χ0) is 21.0. The van der Waals surface area contributed by atoms with Crippen LogP contribution in [0.15, 0.2) is 47.6 Å². The summed E-state index contributed by atoms with van der Waals surface area (Å²) in [6.45, 7) is 10.3. The van der Waals surface area contributed by atoms with Crippen LogP contribution in [0.5, 0.6) is 0 Å². The van der Waals surface area contributed by atoms with E-state index >= 15 is 0 Å². The third-order valence-corrected chi connectivity index (χ3v) is 5.89. The van der Waals surface area contributed by atoms with E-state index in [-0.39, 0.29) is 11.2 Å². The molecule has 0 radical (unpaired) electrons. The van der Waals surface area contributed by atoms with Crippen molar-refractivity contribution in [2.45, 2.75) is 57.4 Å². The lowest BCUT2D eigenvalue weighted by Crippen LogP contribution is -2.24. The number of para-hydroxylation sites is 1. The molecule has 1 atom stereocenters. The molecule has 0 fully saturated rings. The quantitative estimate of drug-likeness (QED) is 0.500. The zero-order valence-corrected chi connectivity index (χ0v) is 18.4. The first-order chi connectivity index (χ1) is 13.9. The summed E-state index contributed by atoms with van der Waals surface area (Å²) in [6.07, 6.45) is 1.00. The number of hydrogen-bond donors (Lipinski definition) is 2. The van der Waals surface area contributed by atoms with Crippen LogP contribution in [0.2, 0.25) is 0 Å². The van der Waals surface area contributed by atoms with Crippen molar-refractivity contribution in [1.82, 2.24) is 15.2 Å². The van der Waals surface area contributed by atoms with Crippen LogP contribution in [0.1, 0.15) is 50.3 Å². The Kier molecular flexibility index (Phi) is 6.75. The highest BCUT2D eigenvalue weighted by Gasteiger charge is 2.20. The third kappa shape index (κ3) is 5.07. The normalized spacial score (nSPS) is 12.2. The number of benzene rings is 2. The number of carbonyl (C=O) groups is 1. The van der Waals surface area contributed by atoms with Crippen LogP contribution in [0, 0.1) is 6.92 Å². The summed E-state index contributed by atoms with van der Waals surface area (Å²) >= 11 is 1.35. The first kappa shape index (κ1) is 21.1. The van der Waals surface area contributed by atoms with Crippen LogP contribution in [-0.4, -0.2) is 26.3 Å². The van der Waals surface area contributed by atoms with E-state index < -0.39 is 0 Å². The Morgan fingerprint density at radius 1 is 1.14 bits per heavy atom. The highest BCUT2D eigenvalue weighted by atomic mass is 32.2. The molecule has 0 spiro atoms. The lowest BCUT2D eigenvalue weighted by atomic mass is 9.98. The predicted octanol–water partition coefficient (Wildman–Crippen LogP) is 5.59. The maximum atomic E-state index is 12.8. The monoisotopic (exact) mass is 408 g/mol. The number of aromatic nitrogens is 3. The number of H-pyrrole nitrogens is 1. The minimum absolute atomic E-state index is 0.0511. The molecule has 6 heteroatoms. The number of carbonyl (C=O) groups excluding carboxylic acids is 1. The highest BCUT2D eigenvalue weighted by Crippen LogP contribution is 2.29. The van der Waals surface area contributed by atoms with Crippen molar-refractivity contribution >= 4 is 23.4 Å². The van der Waals surface area contributed by atoms with Gasteiger partial charge in [-0.05, 0) is 42.9 Å². The van der Waals surface area contributed by atoms with E-state index in [9.17, 15) is 4.79 Å². The molecule has 152 valence electrons. The number of anilines is 1. The maximum absolute atomic E-state index is 12.8. The summed E-state index contributed by atoms with van der Waals surface area (Å²) in [5.41, 5.74) is 5.39. The standard InChI is InChI=1S/C23H28N4OS/c1-6-17-10-12-18(13-11-17)21-25-23(27-26-21)29-16(5)22(28)24-20-15(4)8-7-9-19(20)14(2)3/h7-14,16H,6H2,1-5H3,(H,24,28)(H,25,26,27)/t16-/m1/s1. The van der Waals surface area contributed by atoms with Gasteiger partial charge in [0.25, 0.3) is 0 Å². The molecule has 0 saturated heterocycles. The average molecular weight is 409 g/mol. The lowest BCUT2D eigenvalue weighted by Gasteiger charge is -2.18. The summed E-state index contributed by atoms with van der Waals surface area (Å²) in [5.74, 6) is 0.997. The smallest absolute Gasteiger partial charge is 0.237 e. The molecule has 0 saturated carbocycles. The van der Waals surface area contributed by atoms with Gasteiger partial charge >= 0.3 is 0 Å². The van der Waals surface area contributed by atoms with E-state index in [0.29, 0.717) is 16.9 Å². The van der Waals surface area contributed by atoms with Crippen molar-refractivity contribution in [3.05, 3.63) is 59.2 Å². The van der Waals surface area contributed by atoms with Gasteiger partial charge in [0.15, 0.2) is 5.82 Å². The molecule has 2 aromatic carbocycles. The Labute approximate surface area is 176 Å². The van der Waals surface area contributed by atoms with Crippen LogP contribution in [0.4, 0.5) is 5.69 Å². The minimum atomic E-state index is -0.319. The van der Waals surface area contributed by atoms with Gasteiger partial charge in [-0.15, -0.1) is 5.10 Å². The Morgan fingerprint density at radius 3 is 2.52 bits per heavy atom. The molecule has 0 aliphatic rings. The third-order valence-electron chi connectivity index (χ3n) is 4.93. The first-order valence-corrected chi connectivity index (χ1v) is 10.9. The Bertz CT molecular complexity index is 979. The summed E-state index contributed by atoms with van der Waals surface area (Å²) in [6, 6.07) is 14.4. The first-order valence-electron chi connectivity index (χ1n) is 9.97. The molecule has 3 aromatic rings. The molecule has 0 unspecified atom stereocenters. The number of hydrogen-bond acceptors (Lipinski definition) is 4. The number of nitrogens with zero attached hydrogens (tertiary/aromatic N) is 2. The average Bonchev–Trinajstić information content (AvgIpc) is 3.17. The molecular formula is C23H28N4OS. The van der Waals surface area contributed by atoms with E-state index in [4.69, 9.17) is 0 Å². The van der Waals surface area contributed by atoms with Crippen molar-refractivity contribution in [2.75, 3.05) is 5.32 Å². The largest absolute Gasteiger partial charge is 0.325 e. The van der Waals surface area contributed by atoms with E-state index in [2.05, 4.69) is 59.5 Å². The van der Waals surface area contributed by atoms with E-state index in [1.165, 1.54) is 17.3 Å². The second-order valence-electron chi connectivity index (χ2n) is 7.46. The molecule has 0 aliphatic carbocycles. The van der Waals surface area contributed by atoms with Crippen molar-refractivity contribution < 1.29 is 4.79 Å². The number of thioether (sulfide) groups is 1. The molecule has 5 nitrogen and oxygen atoms in total. The van der Waals surface area contributed by atoms with Crippen LogP contribution < -0.4 is 5.32 Å². The summed E-state index contributed by atoms with van der Waals surface area (Å²) < 4.78 is 0. The lowest BCUT2D eigenvalue weighted by molar-refractivity contribution is -0.115. The van der Waals surface area contributed by atoms with Crippen LogP contribution in [-0.2, 0) is 11.2 Å². The Balaban J connectivity index is 1.68. The molecule has 29 heavy (non-hydrogen) atoms. The molecule has 3 rings (SSSR count). The van der Waals surface area contributed by atoms with Crippen LogP contribution >= 0.6 is 11.8 Å². The van der Waals surface area contributed by atoms with Gasteiger partial charge in [-0.25, -0.2) is 4.98 Å². The molecule has 2 N–H and O–H groups in total. The van der Waals surface area contributed by atoms with E-state index in [1.54, 1.807) is 0 Å². The second kappa shape index (κ2) is 9.27. The van der Waals surface area contributed by atoms with Gasteiger partial charge in [0, 0.05) is 11.3 Å². The van der Waals surface area contributed by atoms with Gasteiger partial charge in [0.1, 0.15) is 0 Å². The summed E-state index contributed by atoms with van der Waals surface area (Å²) in [7, 11) is 0. The fraction of sp³-hybridized carbons (Fsp3) is 0.348. The number of aryl methyl sites for hydroxylation is 2. The summed E-state index contributed by atoms with van der Waals surface area (Å²) in [5, 5.41) is 10.6. The van der Waals surface area contributed by atoms with E-state index in [0.717, 1.165) is 28.8 Å². The fourth-order valence-electron chi connectivity index (χ4n) is 3.11.